The van der Waals surface area contributed by atoms with Crippen molar-refractivity contribution in [3.05, 3.63) is 12.0 Å². The van der Waals surface area contributed by atoms with E-state index in [0.717, 1.165) is 30.4 Å². The van der Waals surface area contributed by atoms with Gasteiger partial charge in [-0.2, -0.15) is 0 Å². The normalized spacial score (nSPS) is 17.8. The van der Waals surface area contributed by atoms with E-state index in [0.29, 0.717) is 5.92 Å². The van der Waals surface area contributed by atoms with Crippen LogP contribution in [-0.4, -0.2) is 9.55 Å². The van der Waals surface area contributed by atoms with E-state index < -0.39 is 0 Å². The zero-order chi connectivity index (χ0) is 12.3. The average molecular weight is 235 g/mol. The number of hydrogen-bond donors (Lipinski definition) is 1. The van der Waals surface area contributed by atoms with Crippen LogP contribution in [0.25, 0.3) is 0 Å². The number of imidazole rings is 1. The topological polar surface area (TPSA) is 43.8 Å². The summed E-state index contributed by atoms with van der Waals surface area (Å²) in [7, 11) is 0. The molecule has 1 heterocycles. The maximum absolute atomic E-state index is 6.17. The Morgan fingerprint density at radius 1 is 1.35 bits per heavy atom. The Morgan fingerprint density at radius 3 is 2.71 bits per heavy atom. The molecule has 0 atom stereocenters. The first kappa shape index (κ1) is 12.5. The van der Waals surface area contributed by atoms with Crippen LogP contribution in [0.15, 0.2) is 6.33 Å². The second-order valence-electron chi connectivity index (χ2n) is 5.83. The van der Waals surface area contributed by atoms with Crippen molar-refractivity contribution in [2.24, 2.45) is 11.8 Å². The third kappa shape index (κ3) is 3.24. The first-order valence-corrected chi connectivity index (χ1v) is 6.96. The molecule has 0 aromatic carbocycles. The average Bonchev–Trinajstić information content (AvgIpc) is 2.62. The van der Waals surface area contributed by atoms with E-state index in [1.165, 1.54) is 32.1 Å². The van der Waals surface area contributed by atoms with Gasteiger partial charge in [-0.1, -0.05) is 46.0 Å². The van der Waals surface area contributed by atoms with Gasteiger partial charge in [0.15, 0.2) is 0 Å². The van der Waals surface area contributed by atoms with Crippen LogP contribution >= 0.6 is 0 Å². The lowest BCUT2D eigenvalue weighted by Crippen LogP contribution is -2.12. The molecule has 3 heteroatoms. The Kier molecular flexibility index (Phi) is 4.08. The molecule has 0 radical (unpaired) electrons. The van der Waals surface area contributed by atoms with Gasteiger partial charge in [0.1, 0.15) is 5.82 Å². The van der Waals surface area contributed by atoms with E-state index in [2.05, 4.69) is 23.4 Å². The predicted octanol–water partition coefficient (Wildman–Crippen LogP) is 3.24. The molecule has 17 heavy (non-hydrogen) atoms. The van der Waals surface area contributed by atoms with Gasteiger partial charge in [0.2, 0.25) is 0 Å². The number of nitrogens with two attached hydrogens (primary N) is 1. The predicted molar refractivity (Wildman–Crippen MR) is 71.8 cm³/mol. The van der Waals surface area contributed by atoms with Crippen molar-refractivity contribution in [3.8, 4) is 0 Å². The fraction of sp³-hybridized carbons (Fsp3) is 0.786. The van der Waals surface area contributed by atoms with Crippen LogP contribution in [0.1, 0.15) is 51.6 Å². The SMILES string of the molecule is CC(C)Cn1cnc(CC2CCCCC2)c1N. The van der Waals surface area contributed by atoms with Gasteiger partial charge >= 0.3 is 0 Å². The summed E-state index contributed by atoms with van der Waals surface area (Å²) in [6.07, 6.45) is 9.89. The summed E-state index contributed by atoms with van der Waals surface area (Å²) in [5.74, 6) is 2.33. The quantitative estimate of drug-likeness (QED) is 0.870. The van der Waals surface area contributed by atoms with E-state index in [1.807, 2.05) is 6.33 Å². The second kappa shape index (κ2) is 5.56. The van der Waals surface area contributed by atoms with Crippen molar-refractivity contribution in [3.63, 3.8) is 0 Å². The second-order valence-corrected chi connectivity index (χ2v) is 5.83. The molecule has 3 nitrogen and oxygen atoms in total. The standard InChI is InChI=1S/C14H25N3/c1-11(2)9-17-10-16-13(14(17)15)8-12-6-4-3-5-7-12/h10-12H,3-9,15H2,1-2H3. The summed E-state index contributed by atoms with van der Waals surface area (Å²) in [5.41, 5.74) is 7.29. The van der Waals surface area contributed by atoms with Crippen LogP contribution in [0.5, 0.6) is 0 Å². The van der Waals surface area contributed by atoms with Crippen LogP contribution in [0, 0.1) is 11.8 Å². The third-order valence-electron chi connectivity index (χ3n) is 3.73. The lowest BCUT2D eigenvalue weighted by molar-refractivity contribution is 0.355. The molecule has 1 saturated carbocycles. The first-order valence-electron chi connectivity index (χ1n) is 6.96. The summed E-state index contributed by atoms with van der Waals surface area (Å²) in [6.45, 7) is 5.39. The highest BCUT2D eigenvalue weighted by molar-refractivity contribution is 5.36. The number of aromatic nitrogens is 2. The Hall–Kier alpha value is -0.990. The van der Waals surface area contributed by atoms with Gasteiger partial charge in [-0.05, 0) is 18.3 Å². The number of hydrogen-bond acceptors (Lipinski definition) is 2. The number of nitrogen functional groups attached to an aromatic ring is 1. The molecular weight excluding hydrogens is 210 g/mol. The van der Waals surface area contributed by atoms with Gasteiger partial charge in [-0.15, -0.1) is 0 Å². The van der Waals surface area contributed by atoms with Crippen LogP contribution in [-0.2, 0) is 13.0 Å². The van der Waals surface area contributed by atoms with E-state index in [1.54, 1.807) is 0 Å². The van der Waals surface area contributed by atoms with Crippen LogP contribution in [0.4, 0.5) is 5.82 Å². The molecule has 1 aliphatic carbocycles. The number of nitrogens with zero attached hydrogens (tertiary/aromatic N) is 2. The minimum absolute atomic E-state index is 0.619. The molecule has 0 aliphatic heterocycles. The monoisotopic (exact) mass is 235 g/mol. The minimum Gasteiger partial charge on any atom is -0.384 e. The minimum atomic E-state index is 0.619. The molecule has 0 saturated heterocycles. The van der Waals surface area contributed by atoms with Gasteiger partial charge in [0.25, 0.3) is 0 Å². The van der Waals surface area contributed by atoms with Gasteiger partial charge < -0.3 is 10.3 Å². The number of rotatable bonds is 4. The maximum atomic E-state index is 6.17. The summed E-state index contributed by atoms with van der Waals surface area (Å²) >= 11 is 0. The van der Waals surface area contributed by atoms with Gasteiger partial charge in [0.05, 0.1) is 12.0 Å². The molecule has 0 bridgehead atoms. The largest absolute Gasteiger partial charge is 0.384 e. The molecule has 1 aromatic heterocycles. The molecule has 2 N–H and O–H groups in total. The van der Waals surface area contributed by atoms with Crippen molar-refractivity contribution >= 4 is 5.82 Å². The van der Waals surface area contributed by atoms with Crippen molar-refractivity contribution in [2.45, 2.75) is 58.9 Å². The summed E-state index contributed by atoms with van der Waals surface area (Å²) in [4.78, 5) is 4.50. The third-order valence-corrected chi connectivity index (χ3v) is 3.73. The lowest BCUT2D eigenvalue weighted by atomic mass is 9.86. The lowest BCUT2D eigenvalue weighted by Gasteiger charge is -2.20. The molecule has 1 aliphatic rings. The number of anilines is 1. The van der Waals surface area contributed by atoms with Gasteiger partial charge in [-0.3, -0.25) is 0 Å². The van der Waals surface area contributed by atoms with Crippen molar-refractivity contribution < 1.29 is 0 Å². The van der Waals surface area contributed by atoms with E-state index in [-0.39, 0.29) is 0 Å². The van der Waals surface area contributed by atoms with Crippen molar-refractivity contribution in [1.82, 2.24) is 9.55 Å². The molecular formula is C14H25N3. The Labute approximate surface area is 104 Å². The van der Waals surface area contributed by atoms with Gasteiger partial charge in [0, 0.05) is 6.54 Å². The highest BCUT2D eigenvalue weighted by Gasteiger charge is 2.17. The van der Waals surface area contributed by atoms with Crippen molar-refractivity contribution in [2.75, 3.05) is 5.73 Å². The Balaban J connectivity index is 1.98. The van der Waals surface area contributed by atoms with E-state index in [9.17, 15) is 0 Å². The molecule has 96 valence electrons. The highest BCUT2D eigenvalue weighted by atomic mass is 15.1. The maximum Gasteiger partial charge on any atom is 0.126 e. The summed E-state index contributed by atoms with van der Waals surface area (Å²) in [6, 6.07) is 0. The van der Waals surface area contributed by atoms with Gasteiger partial charge in [-0.25, -0.2) is 4.98 Å². The summed E-state index contributed by atoms with van der Waals surface area (Å²) in [5, 5.41) is 0. The van der Waals surface area contributed by atoms with E-state index >= 15 is 0 Å². The molecule has 0 spiro atoms. The first-order chi connectivity index (χ1) is 8.16. The zero-order valence-corrected chi connectivity index (χ0v) is 11.2. The Morgan fingerprint density at radius 2 is 2.06 bits per heavy atom. The van der Waals surface area contributed by atoms with Crippen LogP contribution < -0.4 is 5.73 Å². The molecule has 0 amide bonds. The molecule has 1 fully saturated rings. The fourth-order valence-corrected chi connectivity index (χ4v) is 2.79. The molecule has 2 rings (SSSR count). The zero-order valence-electron chi connectivity index (χ0n) is 11.2. The fourth-order valence-electron chi connectivity index (χ4n) is 2.79. The van der Waals surface area contributed by atoms with Crippen molar-refractivity contribution in [1.29, 1.82) is 0 Å². The smallest absolute Gasteiger partial charge is 0.126 e. The van der Waals surface area contributed by atoms with Crippen LogP contribution in [0.2, 0.25) is 0 Å². The van der Waals surface area contributed by atoms with E-state index in [4.69, 9.17) is 5.73 Å². The van der Waals surface area contributed by atoms with Crippen LogP contribution in [0.3, 0.4) is 0 Å². The molecule has 0 unspecified atom stereocenters. The summed E-state index contributed by atoms with van der Waals surface area (Å²) < 4.78 is 2.10. The molecule has 1 aromatic rings. The highest BCUT2D eigenvalue weighted by Crippen LogP contribution is 2.28. The Bertz CT molecular complexity index is 348.